The van der Waals surface area contributed by atoms with Gasteiger partial charge in [-0.2, -0.15) is 13.2 Å². The molecule has 1 atom stereocenters. The van der Waals surface area contributed by atoms with Crippen molar-refractivity contribution in [3.05, 3.63) is 66.7 Å². The van der Waals surface area contributed by atoms with Crippen LogP contribution in [-0.4, -0.2) is 17.8 Å². The normalized spacial score (nSPS) is 18.7. The van der Waals surface area contributed by atoms with Crippen molar-refractivity contribution in [2.45, 2.75) is 38.1 Å². The lowest BCUT2D eigenvalue weighted by Crippen LogP contribution is -2.42. The highest BCUT2D eigenvalue weighted by atomic mass is 127. The van der Waals surface area contributed by atoms with Crippen molar-refractivity contribution < 1.29 is 22.8 Å². The summed E-state index contributed by atoms with van der Waals surface area (Å²) in [5, 5.41) is 6.68. The largest absolute Gasteiger partial charge is 0.435 e. The Kier molecular flexibility index (Phi) is 6.88. The predicted octanol–water partition coefficient (Wildman–Crippen LogP) is 6.21. The number of oxime groups is 1. The fourth-order valence-corrected chi connectivity index (χ4v) is 4.27. The summed E-state index contributed by atoms with van der Waals surface area (Å²) in [5.41, 5.74) is -1.37. The van der Waals surface area contributed by atoms with Crippen molar-refractivity contribution in [1.82, 2.24) is 5.32 Å². The Labute approximate surface area is 194 Å². The smallest absolute Gasteiger partial charge is 0.374 e. The van der Waals surface area contributed by atoms with Gasteiger partial charge in [-0.1, -0.05) is 47.4 Å². The molecule has 1 heterocycles. The third-order valence-corrected chi connectivity index (χ3v) is 6.14. The molecule has 1 unspecified atom stereocenters. The van der Waals surface area contributed by atoms with E-state index in [2.05, 4.69) is 33.1 Å². The summed E-state index contributed by atoms with van der Waals surface area (Å²) >= 11 is 13.9. The molecule has 0 aliphatic carbocycles. The van der Waals surface area contributed by atoms with Gasteiger partial charge >= 0.3 is 6.18 Å². The van der Waals surface area contributed by atoms with Crippen LogP contribution in [0.1, 0.15) is 36.5 Å². The average Bonchev–Trinajstić information content (AvgIpc) is 3.13. The molecule has 1 N–H and O–H groups in total. The van der Waals surface area contributed by atoms with Crippen LogP contribution in [0, 0.1) is 3.57 Å². The molecule has 30 heavy (non-hydrogen) atoms. The van der Waals surface area contributed by atoms with Crippen LogP contribution < -0.4 is 5.32 Å². The van der Waals surface area contributed by atoms with Gasteiger partial charge in [-0.05, 0) is 52.4 Å². The van der Waals surface area contributed by atoms with Gasteiger partial charge < -0.3 is 10.2 Å². The molecule has 0 saturated carbocycles. The van der Waals surface area contributed by atoms with Crippen LogP contribution in [0.2, 0.25) is 10.0 Å². The second-order valence-electron chi connectivity index (χ2n) is 6.73. The molecule has 0 radical (unpaired) electrons. The van der Waals surface area contributed by atoms with E-state index in [-0.39, 0.29) is 27.2 Å². The third-order valence-electron chi connectivity index (χ3n) is 4.70. The SMILES string of the molecule is CCC(=O)NCc1ccc(C2=NOC(c3cc(Cl)cc(Cl)c3)(C(F)(F)F)C2)cc1I. The summed E-state index contributed by atoms with van der Waals surface area (Å²) in [6, 6.07) is 8.85. The molecule has 1 aliphatic heterocycles. The summed E-state index contributed by atoms with van der Waals surface area (Å²) in [5.74, 6) is -0.0846. The van der Waals surface area contributed by atoms with E-state index in [1.807, 2.05) is 0 Å². The van der Waals surface area contributed by atoms with Crippen LogP contribution in [0.4, 0.5) is 13.2 Å². The minimum atomic E-state index is -4.75. The lowest BCUT2D eigenvalue weighted by atomic mass is 9.86. The van der Waals surface area contributed by atoms with Crippen LogP contribution >= 0.6 is 45.8 Å². The summed E-state index contributed by atoms with van der Waals surface area (Å²) in [7, 11) is 0. The highest BCUT2D eigenvalue weighted by molar-refractivity contribution is 14.1. The Bertz CT molecular complexity index is 994. The van der Waals surface area contributed by atoms with Gasteiger partial charge in [-0.3, -0.25) is 4.79 Å². The van der Waals surface area contributed by atoms with E-state index in [1.54, 1.807) is 25.1 Å². The van der Waals surface area contributed by atoms with Gasteiger partial charge in [0.15, 0.2) is 0 Å². The quantitative estimate of drug-likeness (QED) is 0.435. The van der Waals surface area contributed by atoms with Crippen LogP contribution in [0.3, 0.4) is 0 Å². The number of alkyl halides is 3. The van der Waals surface area contributed by atoms with Gasteiger partial charge in [0.2, 0.25) is 5.91 Å². The van der Waals surface area contributed by atoms with Gasteiger partial charge in [0.1, 0.15) is 0 Å². The number of hydrogen-bond acceptors (Lipinski definition) is 3. The maximum absolute atomic E-state index is 14.1. The van der Waals surface area contributed by atoms with Crippen LogP contribution in [0.5, 0.6) is 0 Å². The fraction of sp³-hybridized carbons (Fsp3) is 0.300. The highest BCUT2D eigenvalue weighted by Gasteiger charge is 2.62. The number of rotatable bonds is 5. The second-order valence-corrected chi connectivity index (χ2v) is 8.76. The molecule has 3 rings (SSSR count). The van der Waals surface area contributed by atoms with Gasteiger partial charge in [-0.15, -0.1) is 0 Å². The maximum atomic E-state index is 14.1. The molecule has 2 aromatic carbocycles. The number of carbonyl (C=O) groups is 1. The summed E-state index contributed by atoms with van der Waals surface area (Å²) in [6.45, 7) is 2.09. The van der Waals surface area contributed by atoms with E-state index in [0.717, 1.165) is 9.13 Å². The predicted molar refractivity (Wildman–Crippen MR) is 118 cm³/mol. The van der Waals surface area contributed by atoms with Crippen molar-refractivity contribution in [3.63, 3.8) is 0 Å². The van der Waals surface area contributed by atoms with Crippen LogP contribution in [0.15, 0.2) is 41.6 Å². The first kappa shape index (κ1) is 23.1. The molecule has 2 aromatic rings. The van der Waals surface area contributed by atoms with Gasteiger partial charge in [-0.25, -0.2) is 0 Å². The molecule has 160 valence electrons. The number of hydrogen-bond donors (Lipinski definition) is 1. The lowest BCUT2D eigenvalue weighted by molar-refractivity contribution is -0.275. The van der Waals surface area contributed by atoms with Crippen molar-refractivity contribution in [2.75, 3.05) is 0 Å². The molecule has 0 aromatic heterocycles. The summed E-state index contributed by atoms with van der Waals surface area (Å²) < 4.78 is 43.0. The highest BCUT2D eigenvalue weighted by Crippen LogP contribution is 2.49. The van der Waals surface area contributed by atoms with Gasteiger partial charge in [0.05, 0.1) is 5.71 Å². The van der Waals surface area contributed by atoms with Crippen LogP contribution in [0.25, 0.3) is 0 Å². The van der Waals surface area contributed by atoms with Crippen molar-refractivity contribution >= 4 is 57.4 Å². The first-order valence-corrected chi connectivity index (χ1v) is 10.7. The number of nitrogens with one attached hydrogen (secondary N) is 1. The standard InChI is InChI=1S/C20H16Cl2F3IN2O2/c1-2-18(29)27-10-12-4-3-11(5-16(12)26)17-9-19(30-28-17,20(23,24)25)13-6-14(21)8-15(22)7-13/h3-8H,2,9-10H2,1H3,(H,27,29). The fourth-order valence-electron chi connectivity index (χ4n) is 3.03. The number of amides is 1. The lowest BCUT2D eigenvalue weighted by Gasteiger charge is -2.29. The maximum Gasteiger partial charge on any atom is 0.435 e. The molecule has 0 spiro atoms. The van der Waals surface area contributed by atoms with E-state index in [1.165, 1.54) is 18.2 Å². The van der Waals surface area contributed by atoms with Crippen LogP contribution in [-0.2, 0) is 21.8 Å². The number of carbonyl (C=O) groups excluding carboxylic acids is 1. The monoisotopic (exact) mass is 570 g/mol. The molecule has 4 nitrogen and oxygen atoms in total. The molecule has 0 saturated heterocycles. The number of nitrogens with zero attached hydrogens (tertiary/aromatic N) is 1. The average molecular weight is 571 g/mol. The van der Waals surface area contributed by atoms with E-state index < -0.39 is 18.2 Å². The zero-order valence-corrected chi connectivity index (χ0v) is 19.3. The number of halogens is 6. The van der Waals surface area contributed by atoms with Gasteiger partial charge in [0.25, 0.3) is 5.60 Å². The molecular weight excluding hydrogens is 555 g/mol. The zero-order chi connectivity index (χ0) is 22.1. The third kappa shape index (κ3) is 4.70. The Morgan fingerprint density at radius 1 is 1.23 bits per heavy atom. The molecule has 1 amide bonds. The van der Waals surface area contributed by atoms with Crippen molar-refractivity contribution in [3.8, 4) is 0 Å². The summed E-state index contributed by atoms with van der Waals surface area (Å²) in [6.07, 6.45) is -4.89. The zero-order valence-electron chi connectivity index (χ0n) is 15.6. The molecular formula is C20H16Cl2F3IN2O2. The van der Waals surface area contributed by atoms with Crippen molar-refractivity contribution in [1.29, 1.82) is 0 Å². The first-order chi connectivity index (χ1) is 14.1. The second kappa shape index (κ2) is 8.92. The molecule has 0 fully saturated rings. The molecule has 1 aliphatic rings. The van der Waals surface area contributed by atoms with E-state index in [4.69, 9.17) is 28.0 Å². The minimum Gasteiger partial charge on any atom is -0.374 e. The Balaban J connectivity index is 1.89. The Morgan fingerprint density at radius 3 is 2.47 bits per heavy atom. The van der Waals surface area contributed by atoms with E-state index >= 15 is 0 Å². The Morgan fingerprint density at radius 2 is 1.90 bits per heavy atom. The van der Waals surface area contributed by atoms with E-state index in [9.17, 15) is 18.0 Å². The molecule has 0 bridgehead atoms. The first-order valence-electron chi connectivity index (χ1n) is 8.89. The summed E-state index contributed by atoms with van der Waals surface area (Å²) in [4.78, 5) is 16.5. The van der Waals surface area contributed by atoms with E-state index in [0.29, 0.717) is 18.5 Å². The Hall–Kier alpha value is -1.52. The minimum absolute atomic E-state index is 0.0752. The molecule has 10 heteroatoms. The topological polar surface area (TPSA) is 50.7 Å². The van der Waals surface area contributed by atoms with Gasteiger partial charge in [0, 0.05) is 44.1 Å². The number of benzene rings is 2. The van der Waals surface area contributed by atoms with Crippen molar-refractivity contribution in [2.24, 2.45) is 5.16 Å².